The van der Waals surface area contributed by atoms with E-state index in [4.69, 9.17) is 9.84 Å². The summed E-state index contributed by atoms with van der Waals surface area (Å²) in [5.74, 6) is -0.688. The molecule has 0 saturated carbocycles. The molecule has 0 bridgehead atoms. The molecule has 0 aromatic heterocycles. The third-order valence-electron chi connectivity index (χ3n) is 7.08. The Hall–Kier alpha value is -1.06. The summed E-state index contributed by atoms with van der Waals surface area (Å²) >= 11 is 0. The highest BCUT2D eigenvalue weighted by Gasteiger charge is 2.14. The number of carboxylic acids is 1. The summed E-state index contributed by atoms with van der Waals surface area (Å²) in [6.07, 6.45) is 29.8. The van der Waals surface area contributed by atoms with Crippen LogP contribution in [0, 0.1) is 0 Å². The monoisotopic (exact) mass is 496 g/mol. The zero-order valence-corrected chi connectivity index (χ0v) is 23.6. The van der Waals surface area contributed by atoms with Crippen molar-refractivity contribution in [3.8, 4) is 0 Å². The third kappa shape index (κ3) is 27.4. The van der Waals surface area contributed by atoms with Gasteiger partial charge in [0.15, 0.2) is 0 Å². The van der Waals surface area contributed by atoms with Gasteiger partial charge >= 0.3 is 11.9 Å². The molecule has 35 heavy (non-hydrogen) atoms. The fraction of sp³-hybridized carbons (Fsp3) is 0.935. The summed E-state index contributed by atoms with van der Waals surface area (Å²) in [6, 6.07) is 0. The van der Waals surface area contributed by atoms with E-state index in [9.17, 15) is 9.59 Å². The first-order valence-corrected chi connectivity index (χ1v) is 15.5. The SMILES string of the molecule is CCCCCCCCCCCCCCC(=O)OC(CCCCCC)CCCCCCCCC(=O)O. The zero-order valence-electron chi connectivity index (χ0n) is 23.6. The lowest BCUT2D eigenvalue weighted by Crippen LogP contribution is -2.18. The topological polar surface area (TPSA) is 63.6 Å². The van der Waals surface area contributed by atoms with Crippen molar-refractivity contribution in [2.24, 2.45) is 0 Å². The van der Waals surface area contributed by atoms with Crippen molar-refractivity contribution in [1.82, 2.24) is 0 Å². The minimum atomic E-state index is -0.693. The summed E-state index contributed by atoms with van der Waals surface area (Å²) in [7, 11) is 0. The van der Waals surface area contributed by atoms with E-state index in [1.165, 1.54) is 83.5 Å². The van der Waals surface area contributed by atoms with Gasteiger partial charge in [0.05, 0.1) is 0 Å². The molecular formula is C31H60O4. The van der Waals surface area contributed by atoms with Gasteiger partial charge in [-0.2, -0.15) is 0 Å². The molecule has 1 N–H and O–H groups in total. The molecule has 0 saturated heterocycles. The molecule has 4 nitrogen and oxygen atoms in total. The van der Waals surface area contributed by atoms with Gasteiger partial charge in [-0.15, -0.1) is 0 Å². The van der Waals surface area contributed by atoms with Crippen molar-refractivity contribution >= 4 is 11.9 Å². The van der Waals surface area contributed by atoms with Gasteiger partial charge in [0.1, 0.15) is 6.10 Å². The van der Waals surface area contributed by atoms with Crippen LogP contribution in [0.15, 0.2) is 0 Å². The first kappa shape index (κ1) is 33.9. The fourth-order valence-corrected chi connectivity index (χ4v) is 4.77. The molecule has 0 aliphatic rings. The molecule has 0 aliphatic heterocycles. The van der Waals surface area contributed by atoms with Crippen LogP contribution in [-0.2, 0) is 14.3 Å². The van der Waals surface area contributed by atoms with Crippen LogP contribution >= 0.6 is 0 Å². The van der Waals surface area contributed by atoms with Crippen LogP contribution < -0.4 is 0 Å². The Kier molecular flexibility index (Phi) is 26.7. The van der Waals surface area contributed by atoms with Gasteiger partial charge in [-0.1, -0.05) is 129 Å². The number of aliphatic carboxylic acids is 1. The molecule has 0 radical (unpaired) electrons. The van der Waals surface area contributed by atoms with Crippen LogP contribution in [0.5, 0.6) is 0 Å². The molecule has 208 valence electrons. The van der Waals surface area contributed by atoms with Crippen LogP contribution in [-0.4, -0.2) is 23.1 Å². The predicted octanol–water partition coefficient (Wildman–Crippen LogP) is 10.2. The molecule has 4 heteroatoms. The molecule has 0 rings (SSSR count). The Labute approximate surface area is 218 Å². The second kappa shape index (κ2) is 27.5. The average Bonchev–Trinajstić information content (AvgIpc) is 2.83. The maximum Gasteiger partial charge on any atom is 0.306 e. The van der Waals surface area contributed by atoms with Crippen LogP contribution in [0.1, 0.15) is 181 Å². The molecule has 1 unspecified atom stereocenters. The van der Waals surface area contributed by atoms with Crippen molar-refractivity contribution in [3.05, 3.63) is 0 Å². The first-order valence-electron chi connectivity index (χ1n) is 15.5. The van der Waals surface area contributed by atoms with Gasteiger partial charge in [-0.05, 0) is 38.5 Å². The van der Waals surface area contributed by atoms with Gasteiger partial charge in [-0.25, -0.2) is 0 Å². The van der Waals surface area contributed by atoms with E-state index in [2.05, 4.69) is 13.8 Å². The standard InChI is InChI=1S/C31H60O4/c1-3-5-7-9-10-11-12-13-14-15-20-24-28-31(34)35-29(25-21-8-6-4-2)26-22-18-16-17-19-23-27-30(32)33/h29H,3-28H2,1-2H3,(H,32,33). The molecular weight excluding hydrogens is 436 g/mol. The van der Waals surface area contributed by atoms with Crippen LogP contribution in [0.2, 0.25) is 0 Å². The zero-order chi connectivity index (χ0) is 25.8. The number of carboxylic acid groups (broad SMARTS) is 1. The lowest BCUT2D eigenvalue weighted by molar-refractivity contribution is -0.150. The second-order valence-electron chi connectivity index (χ2n) is 10.7. The number of hydrogen-bond acceptors (Lipinski definition) is 3. The second-order valence-corrected chi connectivity index (χ2v) is 10.7. The minimum Gasteiger partial charge on any atom is -0.481 e. The normalized spacial score (nSPS) is 12.1. The summed E-state index contributed by atoms with van der Waals surface area (Å²) < 4.78 is 5.90. The molecule has 0 aliphatic carbocycles. The maximum atomic E-state index is 12.4. The van der Waals surface area contributed by atoms with E-state index < -0.39 is 5.97 Å². The molecule has 0 amide bonds. The van der Waals surface area contributed by atoms with Crippen LogP contribution in [0.25, 0.3) is 0 Å². The Morgan fingerprint density at radius 3 is 1.29 bits per heavy atom. The van der Waals surface area contributed by atoms with E-state index >= 15 is 0 Å². The predicted molar refractivity (Wildman–Crippen MR) is 149 cm³/mol. The molecule has 0 aromatic rings. The number of unbranched alkanes of at least 4 members (excludes halogenated alkanes) is 19. The summed E-state index contributed by atoms with van der Waals surface area (Å²) in [5, 5.41) is 8.70. The maximum absolute atomic E-state index is 12.4. The molecule has 1 atom stereocenters. The van der Waals surface area contributed by atoms with Crippen molar-refractivity contribution < 1.29 is 19.4 Å². The molecule has 0 spiro atoms. The van der Waals surface area contributed by atoms with E-state index in [0.717, 1.165) is 70.6 Å². The number of esters is 1. The van der Waals surface area contributed by atoms with Crippen molar-refractivity contribution in [3.63, 3.8) is 0 Å². The quantitative estimate of drug-likeness (QED) is 0.0864. The van der Waals surface area contributed by atoms with Gasteiger partial charge in [0.25, 0.3) is 0 Å². The minimum absolute atomic E-state index is 0.00578. The summed E-state index contributed by atoms with van der Waals surface area (Å²) in [4.78, 5) is 23.0. The highest BCUT2D eigenvalue weighted by molar-refractivity contribution is 5.69. The van der Waals surface area contributed by atoms with Gasteiger partial charge in [0, 0.05) is 12.8 Å². The highest BCUT2D eigenvalue weighted by atomic mass is 16.5. The van der Waals surface area contributed by atoms with Crippen molar-refractivity contribution in [2.75, 3.05) is 0 Å². The Morgan fingerprint density at radius 1 is 0.514 bits per heavy atom. The molecule has 0 heterocycles. The Bertz CT molecular complexity index is 463. The van der Waals surface area contributed by atoms with E-state index in [1.807, 2.05) is 0 Å². The van der Waals surface area contributed by atoms with Crippen molar-refractivity contribution in [2.45, 2.75) is 187 Å². The third-order valence-corrected chi connectivity index (χ3v) is 7.08. The number of rotatable bonds is 28. The Balaban J connectivity index is 3.84. The fourth-order valence-electron chi connectivity index (χ4n) is 4.77. The first-order chi connectivity index (χ1) is 17.1. The highest BCUT2D eigenvalue weighted by Crippen LogP contribution is 2.18. The lowest BCUT2D eigenvalue weighted by atomic mass is 10.0. The van der Waals surface area contributed by atoms with Crippen molar-refractivity contribution in [1.29, 1.82) is 0 Å². The summed E-state index contributed by atoms with van der Waals surface area (Å²) in [5.41, 5.74) is 0. The van der Waals surface area contributed by atoms with Crippen LogP contribution in [0.4, 0.5) is 0 Å². The lowest BCUT2D eigenvalue weighted by Gasteiger charge is -2.18. The van der Waals surface area contributed by atoms with Gasteiger partial charge < -0.3 is 9.84 Å². The average molecular weight is 497 g/mol. The molecule has 0 aromatic carbocycles. The number of ether oxygens (including phenoxy) is 1. The number of hydrogen-bond donors (Lipinski definition) is 1. The number of carbonyl (C=O) groups is 2. The Morgan fingerprint density at radius 2 is 0.857 bits per heavy atom. The van der Waals surface area contributed by atoms with E-state index in [-0.39, 0.29) is 18.5 Å². The largest absolute Gasteiger partial charge is 0.481 e. The molecule has 0 fully saturated rings. The van der Waals surface area contributed by atoms with Gasteiger partial charge in [-0.3, -0.25) is 9.59 Å². The smallest absolute Gasteiger partial charge is 0.306 e. The van der Waals surface area contributed by atoms with Gasteiger partial charge in [0.2, 0.25) is 0 Å². The summed E-state index contributed by atoms with van der Waals surface area (Å²) in [6.45, 7) is 4.49. The van der Waals surface area contributed by atoms with Crippen LogP contribution in [0.3, 0.4) is 0 Å². The van der Waals surface area contributed by atoms with E-state index in [0.29, 0.717) is 6.42 Å². The number of carbonyl (C=O) groups excluding carboxylic acids is 1. The van der Waals surface area contributed by atoms with E-state index in [1.54, 1.807) is 0 Å².